The average molecular weight is 338 g/mol. The fraction of sp³-hybridized carbons (Fsp3) is 0.316. The van der Waals surface area contributed by atoms with Gasteiger partial charge in [0.1, 0.15) is 11.2 Å². The maximum Gasteiger partial charge on any atom is 0.226 e. The number of hydrogen-bond donors (Lipinski definition) is 0. The van der Waals surface area contributed by atoms with Crippen molar-refractivity contribution >= 4 is 27.3 Å². The van der Waals surface area contributed by atoms with Crippen LogP contribution in [0.1, 0.15) is 38.3 Å². The maximum atomic E-state index is 12.5. The van der Waals surface area contributed by atoms with Gasteiger partial charge in [-0.25, -0.2) is 9.97 Å². The van der Waals surface area contributed by atoms with Gasteiger partial charge in [0.2, 0.25) is 11.7 Å². The van der Waals surface area contributed by atoms with Crippen LogP contribution in [0.5, 0.6) is 5.88 Å². The number of aryl methyl sites for hydroxylation is 4. The van der Waals surface area contributed by atoms with Crippen molar-refractivity contribution in [1.82, 2.24) is 9.97 Å². The Kier molecular flexibility index (Phi) is 3.81. The molecule has 4 rings (SSSR count). The molecule has 0 aliphatic heterocycles. The highest BCUT2D eigenvalue weighted by molar-refractivity contribution is 7.18. The van der Waals surface area contributed by atoms with Gasteiger partial charge >= 0.3 is 0 Å². The fourth-order valence-electron chi connectivity index (χ4n) is 3.26. The molecule has 0 saturated carbocycles. The number of hydrogen-bond acceptors (Lipinski definition) is 5. The zero-order valence-corrected chi connectivity index (χ0v) is 14.6. The molecular weight excluding hydrogens is 320 g/mol. The number of ether oxygens (including phenoxy) is 1. The monoisotopic (exact) mass is 338 g/mol. The predicted molar refractivity (Wildman–Crippen MR) is 95.2 cm³/mol. The molecule has 1 aromatic carbocycles. The summed E-state index contributed by atoms with van der Waals surface area (Å²) >= 11 is 1.72. The smallest absolute Gasteiger partial charge is 0.226 e. The number of Topliss-reactive ketones (excluding diaryl/α,β-unsaturated/α-hetero) is 1. The van der Waals surface area contributed by atoms with E-state index in [1.165, 1.54) is 23.2 Å². The summed E-state index contributed by atoms with van der Waals surface area (Å²) < 4.78 is 5.82. The summed E-state index contributed by atoms with van der Waals surface area (Å²) in [5.74, 6) is 0.521. The summed E-state index contributed by atoms with van der Waals surface area (Å²) in [4.78, 5) is 23.5. The number of aromatic nitrogens is 2. The van der Waals surface area contributed by atoms with Crippen molar-refractivity contribution in [3.05, 3.63) is 51.7 Å². The van der Waals surface area contributed by atoms with Crippen LogP contribution in [-0.4, -0.2) is 22.4 Å². The average Bonchev–Trinajstić information content (AvgIpc) is 3.15. The van der Waals surface area contributed by atoms with E-state index in [1.54, 1.807) is 11.3 Å². The Morgan fingerprint density at radius 3 is 3.00 bits per heavy atom. The van der Waals surface area contributed by atoms with Crippen molar-refractivity contribution in [2.45, 2.75) is 33.1 Å². The molecule has 0 saturated heterocycles. The first-order chi connectivity index (χ1) is 11.6. The molecule has 1 aliphatic rings. The lowest BCUT2D eigenvalue weighted by atomic mass is 10.0. The molecule has 2 aromatic heterocycles. The Bertz CT molecular complexity index is 946. The van der Waals surface area contributed by atoms with Gasteiger partial charge in [0, 0.05) is 10.4 Å². The van der Waals surface area contributed by atoms with Crippen LogP contribution in [0.3, 0.4) is 0 Å². The molecule has 0 fully saturated rings. The maximum absolute atomic E-state index is 12.5. The summed E-state index contributed by atoms with van der Waals surface area (Å²) in [5, 5.41) is 1.00. The van der Waals surface area contributed by atoms with E-state index in [4.69, 9.17) is 4.74 Å². The number of benzene rings is 1. The SMILES string of the molecule is Cc1ccc(C)c(C(=O)COc2ncnc3sc4c(c23)CCC4)c1. The van der Waals surface area contributed by atoms with Gasteiger partial charge < -0.3 is 4.74 Å². The third kappa shape index (κ3) is 2.59. The summed E-state index contributed by atoms with van der Waals surface area (Å²) in [7, 11) is 0. The van der Waals surface area contributed by atoms with E-state index in [2.05, 4.69) is 9.97 Å². The number of ketones is 1. The van der Waals surface area contributed by atoms with Gasteiger partial charge in [-0.2, -0.15) is 0 Å². The molecule has 0 N–H and O–H groups in total. The second-order valence-corrected chi connectivity index (χ2v) is 7.33. The lowest BCUT2D eigenvalue weighted by Crippen LogP contribution is -2.14. The van der Waals surface area contributed by atoms with Gasteiger partial charge in [-0.15, -0.1) is 11.3 Å². The Hall–Kier alpha value is -2.27. The summed E-state index contributed by atoms with van der Waals surface area (Å²) in [6.45, 7) is 3.93. The van der Waals surface area contributed by atoms with Gasteiger partial charge in [0.05, 0.1) is 5.39 Å². The number of rotatable bonds is 4. The number of nitrogens with zero attached hydrogens (tertiary/aromatic N) is 2. The summed E-state index contributed by atoms with van der Waals surface area (Å²) in [5.41, 5.74) is 4.07. The Balaban J connectivity index is 1.61. The molecule has 24 heavy (non-hydrogen) atoms. The molecule has 0 unspecified atom stereocenters. The zero-order valence-electron chi connectivity index (χ0n) is 13.8. The van der Waals surface area contributed by atoms with E-state index in [1.807, 2.05) is 32.0 Å². The van der Waals surface area contributed by atoms with E-state index in [0.29, 0.717) is 5.88 Å². The molecule has 0 spiro atoms. The predicted octanol–water partition coefficient (Wildman–Crippen LogP) is 4.06. The van der Waals surface area contributed by atoms with Gasteiger partial charge in [-0.1, -0.05) is 17.7 Å². The largest absolute Gasteiger partial charge is 0.469 e. The molecule has 2 heterocycles. The first-order valence-corrected chi connectivity index (χ1v) is 8.93. The Labute approximate surface area is 144 Å². The van der Waals surface area contributed by atoms with Crippen molar-refractivity contribution < 1.29 is 9.53 Å². The number of fused-ring (bicyclic) bond motifs is 3. The summed E-state index contributed by atoms with van der Waals surface area (Å²) in [6, 6.07) is 5.89. The number of carbonyl (C=O) groups excluding carboxylic acids is 1. The third-order valence-electron chi connectivity index (χ3n) is 4.50. The highest BCUT2D eigenvalue weighted by Crippen LogP contribution is 2.39. The van der Waals surface area contributed by atoms with E-state index in [-0.39, 0.29) is 12.4 Å². The van der Waals surface area contributed by atoms with Crippen LogP contribution in [0.25, 0.3) is 10.2 Å². The zero-order chi connectivity index (χ0) is 16.7. The molecule has 0 bridgehead atoms. The van der Waals surface area contributed by atoms with Crippen LogP contribution in [0.2, 0.25) is 0 Å². The van der Waals surface area contributed by atoms with Gasteiger partial charge in [0.15, 0.2) is 6.61 Å². The van der Waals surface area contributed by atoms with Crippen molar-refractivity contribution in [2.75, 3.05) is 6.61 Å². The van der Waals surface area contributed by atoms with Crippen molar-refractivity contribution in [2.24, 2.45) is 0 Å². The standard InChI is InChI=1S/C19H18N2O2S/c1-11-6-7-12(2)14(8-11)15(22)9-23-18-17-13-4-3-5-16(13)24-19(17)21-10-20-18/h6-8,10H,3-5,9H2,1-2H3. The van der Waals surface area contributed by atoms with Gasteiger partial charge in [-0.05, 0) is 50.3 Å². The molecular formula is C19H18N2O2S. The second kappa shape index (κ2) is 5.98. The highest BCUT2D eigenvalue weighted by Gasteiger charge is 2.22. The number of carbonyl (C=O) groups is 1. The first-order valence-electron chi connectivity index (χ1n) is 8.12. The molecule has 4 nitrogen and oxygen atoms in total. The molecule has 1 aliphatic carbocycles. The first kappa shape index (κ1) is 15.3. The second-order valence-electron chi connectivity index (χ2n) is 6.25. The minimum absolute atomic E-state index is 0.00102. The quantitative estimate of drug-likeness (QED) is 0.673. The molecule has 122 valence electrons. The molecule has 5 heteroatoms. The molecule has 0 radical (unpaired) electrons. The van der Waals surface area contributed by atoms with Crippen molar-refractivity contribution in [1.29, 1.82) is 0 Å². The molecule has 0 atom stereocenters. The Morgan fingerprint density at radius 1 is 1.25 bits per heavy atom. The normalized spacial score (nSPS) is 13.2. The third-order valence-corrected chi connectivity index (χ3v) is 5.70. The van der Waals surface area contributed by atoms with Crippen molar-refractivity contribution in [3.63, 3.8) is 0 Å². The fourth-order valence-corrected chi connectivity index (χ4v) is 4.48. The van der Waals surface area contributed by atoms with Gasteiger partial charge in [0.25, 0.3) is 0 Å². The Morgan fingerprint density at radius 2 is 2.12 bits per heavy atom. The highest BCUT2D eigenvalue weighted by atomic mass is 32.1. The van der Waals surface area contributed by atoms with E-state index in [0.717, 1.165) is 39.7 Å². The minimum atomic E-state index is -0.0187. The van der Waals surface area contributed by atoms with Crippen LogP contribution in [0, 0.1) is 13.8 Å². The van der Waals surface area contributed by atoms with Gasteiger partial charge in [-0.3, -0.25) is 4.79 Å². The van der Waals surface area contributed by atoms with Crippen LogP contribution < -0.4 is 4.74 Å². The lowest BCUT2D eigenvalue weighted by molar-refractivity contribution is 0.0918. The molecule has 0 amide bonds. The topological polar surface area (TPSA) is 52.1 Å². The lowest BCUT2D eigenvalue weighted by Gasteiger charge is -2.09. The van der Waals surface area contributed by atoms with E-state index < -0.39 is 0 Å². The van der Waals surface area contributed by atoms with Crippen LogP contribution in [0.15, 0.2) is 24.5 Å². The number of thiophene rings is 1. The minimum Gasteiger partial charge on any atom is -0.469 e. The van der Waals surface area contributed by atoms with E-state index >= 15 is 0 Å². The van der Waals surface area contributed by atoms with E-state index in [9.17, 15) is 4.79 Å². The summed E-state index contributed by atoms with van der Waals surface area (Å²) in [6.07, 6.45) is 4.85. The van der Waals surface area contributed by atoms with Crippen LogP contribution in [0.4, 0.5) is 0 Å². The van der Waals surface area contributed by atoms with Crippen molar-refractivity contribution in [3.8, 4) is 5.88 Å². The van der Waals surface area contributed by atoms with Crippen LogP contribution >= 0.6 is 11.3 Å². The molecule has 3 aromatic rings. The van der Waals surface area contributed by atoms with Crippen LogP contribution in [-0.2, 0) is 12.8 Å².